The number of aryl methyl sites for hydroxylation is 1. The monoisotopic (exact) mass is 644 g/mol. The normalized spacial score (nSPS) is 13.9. The van der Waals surface area contributed by atoms with Gasteiger partial charge in [0, 0.05) is 79.6 Å². The SMILES string of the molecule is C=C(C)c1c(CCCOc2cccc3cc(F)ccc23)c2ccc(Cl)c(C(C(C)=NC)=C(C)C)c2n1CCN1CCNCC1.CC. The van der Waals surface area contributed by atoms with E-state index >= 15 is 0 Å². The maximum absolute atomic E-state index is 13.8. The second kappa shape index (κ2) is 16.4. The lowest BCUT2D eigenvalue weighted by atomic mass is 9.94. The van der Waals surface area contributed by atoms with E-state index in [1.54, 1.807) is 12.1 Å². The average molecular weight is 645 g/mol. The van der Waals surface area contributed by atoms with Crippen LogP contribution in [0, 0.1) is 5.82 Å². The highest BCUT2D eigenvalue weighted by molar-refractivity contribution is 6.37. The number of nitrogens with one attached hydrogen (secondary N) is 1. The van der Waals surface area contributed by atoms with Crippen LogP contribution < -0.4 is 10.1 Å². The molecule has 2 heterocycles. The quantitative estimate of drug-likeness (QED) is 0.131. The Hall–Kier alpha value is -3.45. The summed E-state index contributed by atoms with van der Waals surface area (Å²) in [7, 11) is 1.84. The summed E-state index contributed by atoms with van der Waals surface area (Å²) in [5.74, 6) is 0.532. The summed E-state index contributed by atoms with van der Waals surface area (Å²) in [6, 6.07) is 14.8. The molecule has 0 aliphatic carbocycles. The van der Waals surface area contributed by atoms with Crippen molar-refractivity contribution in [3.63, 3.8) is 0 Å². The van der Waals surface area contributed by atoms with Gasteiger partial charge < -0.3 is 14.6 Å². The molecule has 0 unspecified atom stereocenters. The van der Waals surface area contributed by atoms with Gasteiger partial charge in [0.15, 0.2) is 0 Å². The molecule has 46 heavy (non-hydrogen) atoms. The molecule has 0 saturated carbocycles. The summed E-state index contributed by atoms with van der Waals surface area (Å²) < 4.78 is 22.5. The second-order valence-corrected chi connectivity index (χ2v) is 12.3. The van der Waals surface area contributed by atoms with Gasteiger partial charge in [-0.3, -0.25) is 9.89 Å². The van der Waals surface area contributed by atoms with Crippen molar-refractivity contribution in [2.24, 2.45) is 4.99 Å². The third-order valence-corrected chi connectivity index (χ3v) is 8.92. The molecule has 7 heteroatoms. The minimum Gasteiger partial charge on any atom is -0.493 e. The highest BCUT2D eigenvalue weighted by Crippen LogP contribution is 2.40. The van der Waals surface area contributed by atoms with Crippen molar-refractivity contribution in [1.29, 1.82) is 0 Å². The molecule has 1 N–H and O–H groups in total. The average Bonchev–Trinajstić information content (AvgIpc) is 3.37. The van der Waals surface area contributed by atoms with Crippen molar-refractivity contribution < 1.29 is 9.13 Å². The van der Waals surface area contributed by atoms with Gasteiger partial charge in [-0.15, -0.1) is 0 Å². The van der Waals surface area contributed by atoms with Gasteiger partial charge in [-0.05, 0) is 87.4 Å². The first-order valence-corrected chi connectivity index (χ1v) is 16.9. The highest BCUT2D eigenvalue weighted by Gasteiger charge is 2.25. The molecule has 1 aliphatic rings. The largest absolute Gasteiger partial charge is 0.493 e. The first-order chi connectivity index (χ1) is 22.2. The van der Waals surface area contributed by atoms with E-state index in [1.165, 1.54) is 28.3 Å². The molecule has 1 aliphatic heterocycles. The third kappa shape index (κ3) is 7.74. The van der Waals surface area contributed by atoms with Crippen LogP contribution in [0.1, 0.15) is 64.8 Å². The Morgan fingerprint density at radius 1 is 1.00 bits per heavy atom. The summed E-state index contributed by atoms with van der Waals surface area (Å²) >= 11 is 7.07. The van der Waals surface area contributed by atoms with Crippen LogP contribution in [0.3, 0.4) is 0 Å². The van der Waals surface area contributed by atoms with Crippen molar-refractivity contribution in [3.05, 3.63) is 88.3 Å². The van der Waals surface area contributed by atoms with E-state index in [4.69, 9.17) is 16.3 Å². The number of nitrogens with zero attached hydrogens (tertiary/aromatic N) is 3. The Bertz CT molecular complexity index is 1740. The number of benzene rings is 3. The van der Waals surface area contributed by atoms with E-state index < -0.39 is 0 Å². The number of hydrogen-bond donors (Lipinski definition) is 1. The molecule has 1 aromatic heterocycles. The minimum atomic E-state index is -0.244. The zero-order valence-electron chi connectivity index (χ0n) is 28.7. The van der Waals surface area contributed by atoms with Crippen LogP contribution in [0.2, 0.25) is 5.02 Å². The molecule has 0 radical (unpaired) electrons. The van der Waals surface area contributed by atoms with Gasteiger partial charge in [-0.2, -0.15) is 0 Å². The number of aliphatic imine (C=N–C) groups is 1. The summed E-state index contributed by atoms with van der Waals surface area (Å²) in [6.45, 7) is 23.3. The van der Waals surface area contributed by atoms with Crippen LogP contribution in [0.4, 0.5) is 4.39 Å². The Morgan fingerprint density at radius 3 is 2.39 bits per heavy atom. The fourth-order valence-corrected chi connectivity index (χ4v) is 6.80. The van der Waals surface area contributed by atoms with Gasteiger partial charge in [0.05, 0.1) is 17.1 Å². The van der Waals surface area contributed by atoms with E-state index in [2.05, 4.69) is 60.1 Å². The fraction of sp³-hybridized carbons (Fsp3) is 0.410. The third-order valence-electron chi connectivity index (χ3n) is 8.61. The molecule has 0 bridgehead atoms. The van der Waals surface area contributed by atoms with Crippen LogP contribution in [-0.4, -0.2) is 61.6 Å². The van der Waals surface area contributed by atoms with Gasteiger partial charge >= 0.3 is 0 Å². The maximum Gasteiger partial charge on any atom is 0.127 e. The van der Waals surface area contributed by atoms with E-state index in [9.17, 15) is 4.39 Å². The van der Waals surface area contributed by atoms with E-state index in [1.807, 2.05) is 45.2 Å². The maximum atomic E-state index is 13.8. The van der Waals surface area contributed by atoms with Crippen LogP contribution in [0.5, 0.6) is 5.75 Å². The summed E-state index contributed by atoms with van der Waals surface area (Å²) in [6.07, 6.45) is 1.64. The number of aromatic nitrogens is 1. The molecule has 246 valence electrons. The van der Waals surface area contributed by atoms with E-state index in [-0.39, 0.29) is 5.82 Å². The van der Waals surface area contributed by atoms with Crippen molar-refractivity contribution in [1.82, 2.24) is 14.8 Å². The Labute approximate surface area is 279 Å². The number of halogens is 2. The first-order valence-electron chi connectivity index (χ1n) is 16.6. The smallest absolute Gasteiger partial charge is 0.127 e. The number of ether oxygens (including phenoxy) is 1. The molecule has 0 amide bonds. The van der Waals surface area contributed by atoms with Gasteiger partial charge in [0.25, 0.3) is 0 Å². The molecular weight excluding hydrogens is 595 g/mol. The zero-order chi connectivity index (χ0) is 33.4. The van der Waals surface area contributed by atoms with Gasteiger partial charge in [-0.25, -0.2) is 4.39 Å². The van der Waals surface area contributed by atoms with Crippen LogP contribution >= 0.6 is 11.6 Å². The molecule has 0 spiro atoms. The fourth-order valence-electron chi connectivity index (χ4n) is 6.56. The molecular formula is C39H50ClFN4O. The minimum absolute atomic E-state index is 0.244. The Kier molecular flexibility index (Phi) is 12.6. The number of rotatable bonds is 11. The molecule has 0 atom stereocenters. The lowest BCUT2D eigenvalue weighted by molar-refractivity contribution is 0.233. The lowest BCUT2D eigenvalue weighted by Gasteiger charge is -2.28. The van der Waals surface area contributed by atoms with Crippen molar-refractivity contribution >= 4 is 50.1 Å². The molecule has 5 rings (SSSR count). The van der Waals surface area contributed by atoms with Gasteiger partial charge in [0.2, 0.25) is 0 Å². The Balaban J connectivity index is 0.00000235. The number of allylic oxidation sites excluding steroid dienone is 3. The number of hydrogen-bond acceptors (Lipinski definition) is 4. The second-order valence-electron chi connectivity index (χ2n) is 11.9. The van der Waals surface area contributed by atoms with Crippen molar-refractivity contribution in [3.8, 4) is 5.75 Å². The highest BCUT2D eigenvalue weighted by atomic mass is 35.5. The van der Waals surface area contributed by atoms with Gasteiger partial charge in [0.1, 0.15) is 11.6 Å². The van der Waals surface area contributed by atoms with Crippen molar-refractivity contribution in [2.45, 2.75) is 60.9 Å². The molecule has 1 fully saturated rings. The van der Waals surface area contributed by atoms with E-state index in [0.717, 1.165) is 102 Å². The van der Waals surface area contributed by atoms with Crippen LogP contribution in [-0.2, 0) is 13.0 Å². The molecule has 3 aromatic carbocycles. The summed E-state index contributed by atoms with van der Waals surface area (Å²) in [4.78, 5) is 7.11. The lowest BCUT2D eigenvalue weighted by Crippen LogP contribution is -2.44. The topological polar surface area (TPSA) is 41.8 Å². The van der Waals surface area contributed by atoms with Gasteiger partial charge in [-0.1, -0.05) is 55.8 Å². The molecule has 5 nitrogen and oxygen atoms in total. The summed E-state index contributed by atoms with van der Waals surface area (Å²) in [5.41, 5.74) is 8.93. The predicted octanol–water partition coefficient (Wildman–Crippen LogP) is 9.45. The van der Waals surface area contributed by atoms with Crippen molar-refractivity contribution in [2.75, 3.05) is 46.4 Å². The standard InChI is InChI=1S/C37H44ClFN4O.C2H6/c1-24(2)34(26(5)40-6)35-32(38)15-14-31-30(10-8-22-44-33-11-7-9-27-23-28(39)12-13-29(27)33)36(25(3)4)43(37(31)35)21-20-42-18-16-41-17-19-42;1-2/h7,9,11-15,23,41H,3,8,10,16-22H2,1-2,4-6H3;1-2H3. The molecule has 4 aromatic rings. The zero-order valence-corrected chi connectivity index (χ0v) is 29.5. The van der Waals surface area contributed by atoms with Crippen LogP contribution in [0.25, 0.3) is 32.8 Å². The number of fused-ring (bicyclic) bond motifs is 2. The van der Waals surface area contributed by atoms with Crippen LogP contribution in [0.15, 0.2) is 65.7 Å². The first kappa shape index (κ1) is 35.4. The van der Waals surface area contributed by atoms with E-state index in [0.29, 0.717) is 6.61 Å². The predicted molar refractivity (Wildman–Crippen MR) is 197 cm³/mol. The number of piperazine rings is 1. The molecule has 1 saturated heterocycles. The summed E-state index contributed by atoms with van der Waals surface area (Å²) in [5, 5.41) is 7.15. The Morgan fingerprint density at radius 2 is 1.72 bits per heavy atom.